The largest absolute Gasteiger partial charge is 0.368 e. The Morgan fingerprint density at radius 2 is 1.47 bits per heavy atom. The molecule has 1 aromatic heterocycles. The van der Waals surface area contributed by atoms with E-state index in [1.54, 1.807) is 6.07 Å². The highest BCUT2D eigenvalue weighted by Crippen LogP contribution is 2.20. The molecule has 0 radical (unpaired) electrons. The quantitative estimate of drug-likeness (QED) is 0.522. The first-order valence-electron chi connectivity index (χ1n) is 9.70. The van der Waals surface area contributed by atoms with Crippen molar-refractivity contribution in [3.63, 3.8) is 0 Å². The summed E-state index contributed by atoms with van der Waals surface area (Å²) in [5.74, 6) is -1.01. The molecule has 1 heterocycles. The summed E-state index contributed by atoms with van der Waals surface area (Å²) in [4.78, 5) is 29.0. The molecule has 0 saturated heterocycles. The Kier molecular flexibility index (Phi) is 5.52. The van der Waals surface area contributed by atoms with Crippen LogP contribution in [0.3, 0.4) is 0 Å². The fourth-order valence-corrected chi connectivity index (χ4v) is 3.35. The number of primary amides is 1. The molecule has 3 N–H and O–H groups in total. The molecular weight excluding hydrogens is 374 g/mol. The maximum Gasteiger partial charge on any atom is 0.270 e. The Bertz CT molecular complexity index is 1190. The van der Waals surface area contributed by atoms with Crippen LogP contribution < -0.4 is 11.1 Å². The van der Waals surface area contributed by atoms with Crippen molar-refractivity contribution in [2.75, 3.05) is 0 Å². The zero-order valence-corrected chi connectivity index (χ0v) is 16.3. The highest BCUT2D eigenvalue weighted by molar-refractivity contribution is 5.97. The number of pyridine rings is 1. The summed E-state index contributed by atoms with van der Waals surface area (Å²) in [6, 6.07) is 28.1. The second kappa shape index (κ2) is 8.57. The number of benzene rings is 3. The van der Waals surface area contributed by atoms with Gasteiger partial charge >= 0.3 is 0 Å². The SMILES string of the molecule is NC(=O)[C@@H](Cc1ccc(-c2ccccc2)cc1)NC(=O)c1ccc2ccccc2n1. The molecule has 0 fully saturated rings. The molecule has 0 unspecified atom stereocenters. The zero-order valence-electron chi connectivity index (χ0n) is 16.3. The minimum Gasteiger partial charge on any atom is -0.368 e. The van der Waals surface area contributed by atoms with Crippen molar-refractivity contribution < 1.29 is 9.59 Å². The van der Waals surface area contributed by atoms with Crippen LogP contribution in [0.1, 0.15) is 16.1 Å². The number of carbonyl (C=O) groups is 2. The molecule has 0 aliphatic heterocycles. The van der Waals surface area contributed by atoms with Gasteiger partial charge in [0, 0.05) is 11.8 Å². The molecule has 0 aliphatic carbocycles. The fraction of sp³-hybridized carbons (Fsp3) is 0.0800. The van der Waals surface area contributed by atoms with Gasteiger partial charge in [-0.05, 0) is 28.8 Å². The molecule has 30 heavy (non-hydrogen) atoms. The molecule has 5 heteroatoms. The van der Waals surface area contributed by atoms with Crippen LogP contribution >= 0.6 is 0 Å². The van der Waals surface area contributed by atoms with E-state index in [-0.39, 0.29) is 5.69 Å². The van der Waals surface area contributed by atoms with Gasteiger partial charge in [-0.3, -0.25) is 9.59 Å². The lowest BCUT2D eigenvalue weighted by molar-refractivity contribution is -0.119. The lowest BCUT2D eigenvalue weighted by atomic mass is 10.0. The average molecular weight is 395 g/mol. The molecule has 148 valence electrons. The van der Waals surface area contributed by atoms with Crippen molar-refractivity contribution in [3.05, 3.63) is 102 Å². The summed E-state index contributed by atoms with van der Waals surface area (Å²) >= 11 is 0. The number of amides is 2. The summed E-state index contributed by atoms with van der Waals surface area (Å²) in [6.07, 6.45) is 0.309. The van der Waals surface area contributed by atoms with Crippen LogP contribution in [0, 0.1) is 0 Å². The molecule has 1 atom stereocenters. The van der Waals surface area contributed by atoms with E-state index in [4.69, 9.17) is 5.73 Å². The molecule has 5 nitrogen and oxygen atoms in total. The highest BCUT2D eigenvalue weighted by Gasteiger charge is 2.20. The van der Waals surface area contributed by atoms with Gasteiger partial charge in [-0.15, -0.1) is 0 Å². The number of rotatable bonds is 6. The van der Waals surface area contributed by atoms with Crippen molar-refractivity contribution in [3.8, 4) is 11.1 Å². The monoisotopic (exact) mass is 395 g/mol. The number of fused-ring (bicyclic) bond motifs is 1. The predicted molar refractivity (Wildman–Crippen MR) is 118 cm³/mol. The summed E-state index contributed by atoms with van der Waals surface area (Å²) in [5, 5.41) is 3.66. The van der Waals surface area contributed by atoms with Crippen LogP contribution in [0.4, 0.5) is 0 Å². The van der Waals surface area contributed by atoms with Gasteiger partial charge in [0.2, 0.25) is 5.91 Å². The van der Waals surface area contributed by atoms with E-state index < -0.39 is 17.9 Å². The van der Waals surface area contributed by atoms with E-state index in [2.05, 4.69) is 10.3 Å². The van der Waals surface area contributed by atoms with E-state index in [9.17, 15) is 9.59 Å². The van der Waals surface area contributed by atoms with Crippen LogP contribution in [0.15, 0.2) is 91.0 Å². The van der Waals surface area contributed by atoms with E-state index >= 15 is 0 Å². The number of nitrogens with one attached hydrogen (secondary N) is 1. The van der Waals surface area contributed by atoms with Gasteiger partial charge in [0.1, 0.15) is 11.7 Å². The Morgan fingerprint density at radius 1 is 0.800 bits per heavy atom. The molecule has 0 aliphatic rings. The van der Waals surface area contributed by atoms with Crippen LogP contribution in [-0.4, -0.2) is 22.8 Å². The maximum absolute atomic E-state index is 12.7. The molecule has 0 spiro atoms. The van der Waals surface area contributed by atoms with Crippen LogP contribution in [0.2, 0.25) is 0 Å². The third-order valence-electron chi connectivity index (χ3n) is 4.98. The summed E-state index contributed by atoms with van der Waals surface area (Å²) in [6.45, 7) is 0. The van der Waals surface area contributed by atoms with Crippen molar-refractivity contribution in [2.45, 2.75) is 12.5 Å². The first kappa shape index (κ1) is 19.3. The molecular formula is C25H21N3O2. The number of hydrogen-bond donors (Lipinski definition) is 2. The Balaban J connectivity index is 1.48. The van der Waals surface area contributed by atoms with E-state index in [0.717, 1.165) is 27.6 Å². The molecule has 3 aromatic carbocycles. The van der Waals surface area contributed by atoms with Crippen LogP contribution in [-0.2, 0) is 11.2 Å². The lowest BCUT2D eigenvalue weighted by Crippen LogP contribution is -2.46. The fourth-order valence-electron chi connectivity index (χ4n) is 3.35. The van der Waals surface area contributed by atoms with Crippen molar-refractivity contribution in [2.24, 2.45) is 5.73 Å². The van der Waals surface area contributed by atoms with Gasteiger partial charge in [0.05, 0.1) is 5.52 Å². The van der Waals surface area contributed by atoms with Crippen molar-refractivity contribution in [1.82, 2.24) is 10.3 Å². The van der Waals surface area contributed by atoms with Gasteiger partial charge in [0.25, 0.3) is 5.91 Å². The maximum atomic E-state index is 12.7. The minimum atomic E-state index is -0.826. The summed E-state index contributed by atoms with van der Waals surface area (Å²) in [7, 11) is 0. The van der Waals surface area contributed by atoms with E-state index in [0.29, 0.717) is 6.42 Å². The van der Waals surface area contributed by atoms with Gasteiger partial charge in [-0.25, -0.2) is 4.98 Å². The smallest absolute Gasteiger partial charge is 0.270 e. The van der Waals surface area contributed by atoms with Gasteiger partial charge < -0.3 is 11.1 Å². The topological polar surface area (TPSA) is 85.1 Å². The summed E-state index contributed by atoms with van der Waals surface area (Å²) < 4.78 is 0. The second-order valence-electron chi connectivity index (χ2n) is 7.08. The predicted octanol–water partition coefficient (Wildman–Crippen LogP) is 3.73. The lowest BCUT2D eigenvalue weighted by Gasteiger charge is -2.16. The third kappa shape index (κ3) is 4.36. The second-order valence-corrected chi connectivity index (χ2v) is 7.08. The number of para-hydroxylation sites is 1. The molecule has 4 rings (SSSR count). The van der Waals surface area contributed by atoms with Gasteiger partial charge in [-0.2, -0.15) is 0 Å². The third-order valence-corrected chi connectivity index (χ3v) is 4.98. The Morgan fingerprint density at radius 3 is 2.20 bits per heavy atom. The molecule has 0 saturated carbocycles. The van der Waals surface area contributed by atoms with Crippen LogP contribution in [0.5, 0.6) is 0 Å². The van der Waals surface area contributed by atoms with Gasteiger partial charge in [0.15, 0.2) is 0 Å². The van der Waals surface area contributed by atoms with E-state index in [1.807, 2.05) is 84.9 Å². The Hall–Kier alpha value is -3.99. The van der Waals surface area contributed by atoms with Crippen molar-refractivity contribution >= 4 is 22.7 Å². The zero-order chi connectivity index (χ0) is 20.9. The number of carbonyl (C=O) groups excluding carboxylic acids is 2. The first-order valence-corrected chi connectivity index (χ1v) is 9.70. The first-order chi connectivity index (χ1) is 14.6. The van der Waals surface area contributed by atoms with Crippen molar-refractivity contribution in [1.29, 1.82) is 0 Å². The standard InChI is InChI=1S/C25H21N3O2/c26-24(29)23(16-17-10-12-19(13-11-17)18-6-2-1-3-7-18)28-25(30)22-15-14-20-8-4-5-9-21(20)27-22/h1-15,23H,16H2,(H2,26,29)(H,28,30)/t23-/m1/s1. The number of hydrogen-bond acceptors (Lipinski definition) is 3. The summed E-state index contributed by atoms with van der Waals surface area (Å²) in [5.41, 5.74) is 9.62. The highest BCUT2D eigenvalue weighted by atomic mass is 16.2. The number of nitrogens with zero attached hydrogens (tertiary/aromatic N) is 1. The average Bonchev–Trinajstić information content (AvgIpc) is 2.79. The normalized spacial score (nSPS) is 11.7. The van der Waals surface area contributed by atoms with Gasteiger partial charge in [-0.1, -0.05) is 78.9 Å². The minimum absolute atomic E-state index is 0.249. The Labute approximate surface area is 174 Å². The number of nitrogens with two attached hydrogens (primary N) is 1. The number of aromatic nitrogens is 1. The molecule has 4 aromatic rings. The van der Waals surface area contributed by atoms with Crippen LogP contribution in [0.25, 0.3) is 22.0 Å². The van der Waals surface area contributed by atoms with E-state index in [1.165, 1.54) is 0 Å². The molecule has 0 bridgehead atoms. The molecule has 2 amide bonds.